The van der Waals surface area contributed by atoms with Crippen molar-refractivity contribution in [2.45, 2.75) is 80.5 Å². The van der Waals surface area contributed by atoms with Gasteiger partial charge < -0.3 is 4.90 Å². The van der Waals surface area contributed by atoms with Gasteiger partial charge in [-0.2, -0.15) is 0 Å². The summed E-state index contributed by atoms with van der Waals surface area (Å²) >= 11 is 7.21. The Labute approximate surface area is 181 Å². The Hall–Kier alpha value is 1.12. The highest BCUT2D eigenvalue weighted by molar-refractivity contribution is 14.1. The summed E-state index contributed by atoms with van der Waals surface area (Å²) < 4.78 is 0.474. The average Bonchev–Trinajstić information content (AvgIpc) is 2.91. The summed E-state index contributed by atoms with van der Waals surface area (Å²) in [6, 6.07) is 2.49. The zero-order valence-corrected chi connectivity index (χ0v) is 21.5. The van der Waals surface area contributed by atoms with Gasteiger partial charge in [0.2, 0.25) is 0 Å². The van der Waals surface area contributed by atoms with Gasteiger partial charge >= 0.3 is 0 Å². The number of hydrogen-bond donors (Lipinski definition) is 0. The number of aryl methyl sites for hydroxylation is 1. The first-order valence-electron chi connectivity index (χ1n) is 9.33. The van der Waals surface area contributed by atoms with Gasteiger partial charge in [0.05, 0.1) is 6.84 Å². The Balaban J connectivity index is 2.54. The minimum absolute atomic E-state index is 0.237. The third-order valence-corrected chi connectivity index (χ3v) is 8.18. The SMILES string of the molecule is CCN(CC)CCCCCCc1cc(C(C)(C)I)sc1C(C)(C)I. The van der Waals surface area contributed by atoms with Crippen molar-refractivity contribution >= 4 is 56.5 Å². The molecule has 0 aromatic carbocycles. The largest absolute Gasteiger partial charge is 0.304 e. The van der Waals surface area contributed by atoms with Crippen molar-refractivity contribution in [3.63, 3.8) is 0 Å². The van der Waals surface area contributed by atoms with E-state index < -0.39 is 0 Å². The van der Waals surface area contributed by atoms with E-state index in [2.05, 4.69) is 97.7 Å². The molecular weight excluding hydrogens is 540 g/mol. The van der Waals surface area contributed by atoms with Gasteiger partial charge in [0.15, 0.2) is 0 Å². The van der Waals surface area contributed by atoms with Crippen LogP contribution in [0.3, 0.4) is 0 Å². The first-order chi connectivity index (χ1) is 11.1. The van der Waals surface area contributed by atoms with Crippen LogP contribution < -0.4 is 0 Å². The lowest BCUT2D eigenvalue weighted by molar-refractivity contribution is 0.295. The standard InChI is InChI=1S/C20H35I2NS/c1-7-23(8-2)14-12-10-9-11-13-16-15-17(19(3,4)21)24-18(16)20(5,6)22/h15H,7-14H2,1-6H3. The van der Waals surface area contributed by atoms with E-state index in [9.17, 15) is 0 Å². The molecular formula is C20H35I2NS. The molecule has 0 N–H and O–H groups in total. The summed E-state index contributed by atoms with van der Waals surface area (Å²) in [5, 5.41) is 0. The molecule has 0 unspecified atom stereocenters. The molecule has 0 bridgehead atoms. The Morgan fingerprint density at radius 1 is 0.917 bits per heavy atom. The predicted molar refractivity (Wildman–Crippen MR) is 128 cm³/mol. The van der Waals surface area contributed by atoms with E-state index in [0.717, 1.165) is 0 Å². The topological polar surface area (TPSA) is 3.24 Å². The maximum absolute atomic E-state index is 2.60. The molecule has 0 saturated carbocycles. The maximum atomic E-state index is 2.60. The molecule has 24 heavy (non-hydrogen) atoms. The number of hydrogen-bond acceptors (Lipinski definition) is 2. The number of unbranched alkanes of at least 4 members (excludes halogenated alkanes) is 3. The van der Waals surface area contributed by atoms with Crippen molar-refractivity contribution in [3.05, 3.63) is 21.4 Å². The Kier molecular flexibility index (Phi) is 10.1. The summed E-state index contributed by atoms with van der Waals surface area (Å²) in [7, 11) is 0. The molecule has 0 aliphatic heterocycles. The molecule has 0 atom stereocenters. The fourth-order valence-corrected chi connectivity index (χ4v) is 5.32. The van der Waals surface area contributed by atoms with Crippen molar-refractivity contribution in [2.75, 3.05) is 19.6 Å². The number of nitrogens with zero attached hydrogens (tertiary/aromatic N) is 1. The van der Waals surface area contributed by atoms with Crippen LogP contribution in [0.2, 0.25) is 0 Å². The third kappa shape index (κ3) is 7.78. The highest BCUT2D eigenvalue weighted by Gasteiger charge is 2.27. The molecule has 0 amide bonds. The molecule has 0 spiro atoms. The van der Waals surface area contributed by atoms with Crippen LogP contribution in [0.15, 0.2) is 6.07 Å². The molecule has 0 aliphatic carbocycles. The van der Waals surface area contributed by atoms with E-state index in [4.69, 9.17) is 0 Å². The van der Waals surface area contributed by atoms with Crippen LogP contribution in [0.1, 0.15) is 82.5 Å². The molecule has 140 valence electrons. The average molecular weight is 575 g/mol. The minimum Gasteiger partial charge on any atom is -0.304 e. The smallest absolute Gasteiger partial charge is 0.0510 e. The Bertz CT molecular complexity index is 479. The number of thiophene rings is 1. The molecule has 1 rings (SSSR count). The second-order valence-electron chi connectivity index (χ2n) is 7.60. The predicted octanol–water partition coefficient (Wildman–Crippen LogP) is 7.53. The van der Waals surface area contributed by atoms with Gasteiger partial charge in [-0.15, -0.1) is 11.3 Å². The van der Waals surface area contributed by atoms with E-state index >= 15 is 0 Å². The van der Waals surface area contributed by atoms with E-state index in [0.29, 0.717) is 0 Å². The molecule has 0 saturated heterocycles. The summed E-state index contributed by atoms with van der Waals surface area (Å²) in [5.74, 6) is 0. The van der Waals surface area contributed by atoms with E-state index in [-0.39, 0.29) is 6.84 Å². The fraction of sp³-hybridized carbons (Fsp3) is 0.800. The highest BCUT2D eigenvalue weighted by Crippen LogP contribution is 2.44. The van der Waals surface area contributed by atoms with E-state index in [1.54, 1.807) is 10.4 Å². The van der Waals surface area contributed by atoms with Crippen LogP contribution in [0.25, 0.3) is 0 Å². The molecule has 4 heteroatoms. The normalized spacial score (nSPS) is 13.0. The van der Waals surface area contributed by atoms with Crippen molar-refractivity contribution in [1.29, 1.82) is 0 Å². The first kappa shape index (κ1) is 23.2. The molecule has 1 aromatic heterocycles. The zero-order valence-electron chi connectivity index (χ0n) is 16.3. The van der Waals surface area contributed by atoms with Gasteiger partial charge in [-0.25, -0.2) is 0 Å². The Morgan fingerprint density at radius 2 is 1.50 bits per heavy atom. The summed E-state index contributed by atoms with van der Waals surface area (Å²) in [4.78, 5) is 5.65. The quantitative estimate of drug-likeness (QED) is 0.150. The molecule has 1 nitrogen and oxygen atoms in total. The third-order valence-electron chi connectivity index (χ3n) is 4.50. The lowest BCUT2D eigenvalue weighted by atomic mass is 10.0. The molecule has 0 radical (unpaired) electrons. The summed E-state index contributed by atoms with van der Waals surface area (Å²) in [6.07, 6.45) is 6.66. The van der Waals surface area contributed by atoms with Crippen LogP contribution >= 0.6 is 56.5 Å². The van der Waals surface area contributed by atoms with Gasteiger partial charge in [-0.05, 0) is 78.2 Å². The number of rotatable bonds is 11. The highest BCUT2D eigenvalue weighted by atomic mass is 127. The van der Waals surface area contributed by atoms with Crippen molar-refractivity contribution in [3.8, 4) is 0 Å². The van der Waals surface area contributed by atoms with Crippen LogP contribution in [0, 0.1) is 0 Å². The van der Waals surface area contributed by atoms with Gasteiger partial charge in [0, 0.05) is 9.75 Å². The van der Waals surface area contributed by atoms with Gasteiger partial charge in [0.25, 0.3) is 0 Å². The minimum atomic E-state index is 0.237. The second kappa shape index (κ2) is 10.5. The zero-order chi connectivity index (χ0) is 18.4. The number of alkyl halides is 2. The Morgan fingerprint density at radius 3 is 2.00 bits per heavy atom. The number of halogens is 2. The van der Waals surface area contributed by atoms with Crippen molar-refractivity contribution < 1.29 is 0 Å². The lowest BCUT2D eigenvalue weighted by Crippen LogP contribution is -2.23. The van der Waals surface area contributed by atoms with Crippen LogP contribution in [0.5, 0.6) is 0 Å². The van der Waals surface area contributed by atoms with E-state index in [1.807, 2.05) is 11.3 Å². The molecule has 0 aliphatic rings. The molecule has 1 aromatic rings. The van der Waals surface area contributed by atoms with Gasteiger partial charge in [-0.1, -0.05) is 71.9 Å². The van der Waals surface area contributed by atoms with Crippen LogP contribution in [-0.2, 0) is 13.3 Å². The van der Waals surface area contributed by atoms with Gasteiger partial charge in [0.1, 0.15) is 0 Å². The molecule has 1 heterocycles. The fourth-order valence-electron chi connectivity index (χ4n) is 2.95. The first-order valence-corrected chi connectivity index (χ1v) is 12.3. The van der Waals surface area contributed by atoms with E-state index in [1.165, 1.54) is 56.6 Å². The van der Waals surface area contributed by atoms with Crippen LogP contribution in [0.4, 0.5) is 0 Å². The lowest BCUT2D eigenvalue weighted by Gasteiger charge is -2.18. The molecule has 0 fully saturated rings. The van der Waals surface area contributed by atoms with Crippen molar-refractivity contribution in [1.82, 2.24) is 4.90 Å². The maximum Gasteiger partial charge on any atom is 0.0510 e. The summed E-state index contributed by atoms with van der Waals surface area (Å²) in [5.41, 5.74) is 1.60. The van der Waals surface area contributed by atoms with Gasteiger partial charge in [-0.3, -0.25) is 0 Å². The second-order valence-corrected chi connectivity index (χ2v) is 14.0. The van der Waals surface area contributed by atoms with Crippen molar-refractivity contribution in [2.24, 2.45) is 0 Å². The van der Waals surface area contributed by atoms with Crippen LogP contribution in [-0.4, -0.2) is 24.5 Å². The summed E-state index contributed by atoms with van der Waals surface area (Å²) in [6.45, 7) is 17.5. The monoisotopic (exact) mass is 575 g/mol.